The van der Waals surface area contributed by atoms with Crippen molar-refractivity contribution in [1.82, 2.24) is 0 Å². The quantitative estimate of drug-likeness (QED) is 0.458. The van der Waals surface area contributed by atoms with Crippen LogP contribution in [0.3, 0.4) is 0 Å². The highest BCUT2D eigenvalue weighted by molar-refractivity contribution is 5.04. The van der Waals surface area contributed by atoms with Gasteiger partial charge in [-0.3, -0.25) is 0 Å². The molecule has 1 rings (SSSR count). The average molecular weight is 267 g/mol. The Hall–Kier alpha value is 0. The van der Waals surface area contributed by atoms with Gasteiger partial charge in [0.05, 0.1) is 0 Å². The minimum Gasteiger partial charge on any atom is -0.0596 e. The molecule has 1 fully saturated rings. The Labute approximate surface area is 122 Å². The minimum atomic E-state index is 0.348. The molecule has 0 radical (unpaired) electrons. The molecule has 1 unspecified atom stereocenters. The lowest BCUT2D eigenvalue weighted by Crippen LogP contribution is -2.51. The predicted octanol–water partition coefficient (Wildman–Crippen LogP) is 6.69. The number of rotatable bonds is 0. The second-order valence-corrected chi connectivity index (χ2v) is 10.3. The molecule has 1 saturated carbocycles. The van der Waals surface area contributed by atoms with Gasteiger partial charge in [0.2, 0.25) is 0 Å². The van der Waals surface area contributed by atoms with E-state index >= 15 is 0 Å². The van der Waals surface area contributed by atoms with Crippen molar-refractivity contribution in [3.63, 3.8) is 0 Å². The van der Waals surface area contributed by atoms with Crippen LogP contribution in [-0.2, 0) is 0 Å². The molecule has 0 spiro atoms. The molecule has 0 aromatic rings. The molecule has 0 bridgehead atoms. The van der Waals surface area contributed by atoms with E-state index in [1.165, 1.54) is 25.7 Å². The van der Waals surface area contributed by atoms with Gasteiger partial charge in [0.1, 0.15) is 0 Å². The van der Waals surface area contributed by atoms with Gasteiger partial charge in [-0.2, -0.15) is 0 Å². The summed E-state index contributed by atoms with van der Waals surface area (Å²) < 4.78 is 0. The smallest absolute Gasteiger partial charge is 0.0221 e. The summed E-state index contributed by atoms with van der Waals surface area (Å²) in [4.78, 5) is 0. The number of hydrogen-bond acceptors (Lipinski definition) is 0. The summed E-state index contributed by atoms with van der Waals surface area (Å²) in [5.74, 6) is 0. The first-order valence-electron chi connectivity index (χ1n) is 8.16. The first-order chi connectivity index (χ1) is 8.16. The fourth-order valence-corrected chi connectivity index (χ4v) is 4.23. The van der Waals surface area contributed by atoms with Crippen molar-refractivity contribution in [2.45, 2.75) is 94.9 Å². The molecule has 0 nitrogen and oxygen atoms in total. The summed E-state index contributed by atoms with van der Waals surface area (Å²) in [5.41, 5.74) is 1.98. The third-order valence-corrected chi connectivity index (χ3v) is 7.38. The summed E-state index contributed by atoms with van der Waals surface area (Å²) in [5, 5.41) is 0. The van der Waals surface area contributed by atoms with Crippen molar-refractivity contribution in [3.05, 3.63) is 0 Å². The van der Waals surface area contributed by atoms with Gasteiger partial charge in [0.15, 0.2) is 0 Å². The van der Waals surface area contributed by atoms with Gasteiger partial charge in [-0.1, -0.05) is 75.7 Å². The predicted molar refractivity (Wildman–Crippen MR) is 87.4 cm³/mol. The van der Waals surface area contributed by atoms with Crippen LogP contribution in [0.25, 0.3) is 0 Å². The Balaban J connectivity index is 3.32. The SMILES string of the molecule is CC(C)(C)C1(C)CC(C)(C)C(C)(C)CCCC1(C)C. The Morgan fingerprint density at radius 2 is 1.05 bits per heavy atom. The van der Waals surface area contributed by atoms with Gasteiger partial charge in [0, 0.05) is 0 Å². The first kappa shape index (κ1) is 17.1. The second kappa shape index (κ2) is 4.50. The fraction of sp³-hybridized carbons (Fsp3) is 1.00. The van der Waals surface area contributed by atoms with E-state index in [1.807, 2.05) is 0 Å². The van der Waals surface area contributed by atoms with Gasteiger partial charge in [-0.15, -0.1) is 0 Å². The second-order valence-electron chi connectivity index (χ2n) is 10.3. The van der Waals surface area contributed by atoms with Crippen LogP contribution in [0, 0.1) is 27.1 Å². The van der Waals surface area contributed by atoms with E-state index in [4.69, 9.17) is 0 Å². The van der Waals surface area contributed by atoms with Gasteiger partial charge in [-0.25, -0.2) is 0 Å². The van der Waals surface area contributed by atoms with Crippen LogP contribution in [0.4, 0.5) is 0 Å². The molecule has 0 heteroatoms. The molecular formula is C19H38. The molecule has 0 aliphatic heterocycles. The maximum absolute atomic E-state index is 2.55. The van der Waals surface area contributed by atoms with Crippen molar-refractivity contribution in [2.24, 2.45) is 27.1 Å². The van der Waals surface area contributed by atoms with E-state index < -0.39 is 0 Å². The lowest BCUT2D eigenvalue weighted by Gasteiger charge is -2.60. The van der Waals surface area contributed by atoms with Gasteiger partial charge >= 0.3 is 0 Å². The molecule has 0 N–H and O–H groups in total. The Bertz CT molecular complexity index is 324. The van der Waals surface area contributed by atoms with Crippen molar-refractivity contribution < 1.29 is 0 Å². The van der Waals surface area contributed by atoms with E-state index in [9.17, 15) is 0 Å². The van der Waals surface area contributed by atoms with Crippen LogP contribution in [0.1, 0.15) is 94.9 Å². The first-order valence-corrected chi connectivity index (χ1v) is 8.16. The molecule has 0 amide bonds. The number of hydrogen-bond donors (Lipinski definition) is 0. The van der Waals surface area contributed by atoms with E-state index in [1.54, 1.807) is 0 Å². The Kier molecular flexibility index (Phi) is 4.04. The lowest BCUT2D eigenvalue weighted by atomic mass is 9.45. The molecule has 0 aromatic carbocycles. The summed E-state index contributed by atoms with van der Waals surface area (Å²) in [6.45, 7) is 24.9. The largest absolute Gasteiger partial charge is 0.0596 e. The van der Waals surface area contributed by atoms with Gasteiger partial charge < -0.3 is 0 Å². The van der Waals surface area contributed by atoms with E-state index in [2.05, 4.69) is 69.2 Å². The average Bonchev–Trinajstić information content (AvgIpc) is 2.12. The molecule has 1 aliphatic rings. The maximum Gasteiger partial charge on any atom is -0.0221 e. The monoisotopic (exact) mass is 266 g/mol. The van der Waals surface area contributed by atoms with Crippen LogP contribution < -0.4 is 0 Å². The summed E-state index contributed by atoms with van der Waals surface area (Å²) in [6, 6.07) is 0. The highest BCUT2D eigenvalue weighted by atomic mass is 14.6. The van der Waals surface area contributed by atoms with Crippen molar-refractivity contribution in [2.75, 3.05) is 0 Å². The van der Waals surface area contributed by atoms with Crippen LogP contribution in [0.15, 0.2) is 0 Å². The molecule has 0 saturated heterocycles. The Morgan fingerprint density at radius 3 is 1.47 bits per heavy atom. The molecule has 1 aliphatic carbocycles. The van der Waals surface area contributed by atoms with Crippen molar-refractivity contribution in [3.8, 4) is 0 Å². The summed E-state index contributed by atoms with van der Waals surface area (Å²) in [6.07, 6.45) is 5.42. The molecular weight excluding hydrogens is 228 g/mol. The zero-order valence-corrected chi connectivity index (χ0v) is 15.3. The third kappa shape index (κ3) is 2.74. The van der Waals surface area contributed by atoms with Gasteiger partial charge in [0.25, 0.3) is 0 Å². The van der Waals surface area contributed by atoms with Crippen LogP contribution in [0.5, 0.6) is 0 Å². The van der Waals surface area contributed by atoms with Crippen LogP contribution in [0.2, 0.25) is 0 Å². The van der Waals surface area contributed by atoms with Gasteiger partial charge in [-0.05, 0) is 46.3 Å². The maximum atomic E-state index is 2.55. The van der Waals surface area contributed by atoms with Crippen LogP contribution >= 0.6 is 0 Å². The normalized spacial score (nSPS) is 34.4. The zero-order valence-electron chi connectivity index (χ0n) is 15.3. The Morgan fingerprint density at radius 1 is 0.632 bits per heavy atom. The minimum absolute atomic E-state index is 0.348. The van der Waals surface area contributed by atoms with Crippen molar-refractivity contribution in [1.29, 1.82) is 0 Å². The highest BCUT2D eigenvalue weighted by Crippen LogP contribution is 2.63. The van der Waals surface area contributed by atoms with E-state index in [0.29, 0.717) is 27.1 Å². The third-order valence-electron chi connectivity index (χ3n) is 7.38. The van der Waals surface area contributed by atoms with Crippen LogP contribution in [-0.4, -0.2) is 0 Å². The summed E-state index contributed by atoms with van der Waals surface area (Å²) in [7, 11) is 0. The molecule has 114 valence electrons. The molecule has 19 heavy (non-hydrogen) atoms. The van der Waals surface area contributed by atoms with E-state index in [-0.39, 0.29) is 0 Å². The van der Waals surface area contributed by atoms with E-state index in [0.717, 1.165) is 0 Å². The molecule has 1 atom stereocenters. The molecule has 0 aromatic heterocycles. The fourth-order valence-electron chi connectivity index (χ4n) is 4.23. The standard InChI is InChI=1S/C19H38/c1-15(2,3)19(10)14-18(8,9)16(4,5)12-11-13-17(19,6)7/h11-14H2,1-10H3. The summed E-state index contributed by atoms with van der Waals surface area (Å²) >= 11 is 0. The van der Waals surface area contributed by atoms with Crippen molar-refractivity contribution >= 4 is 0 Å². The zero-order chi connectivity index (χ0) is 15.3. The highest BCUT2D eigenvalue weighted by Gasteiger charge is 2.54. The lowest BCUT2D eigenvalue weighted by molar-refractivity contribution is -0.107. The topological polar surface area (TPSA) is 0 Å². The molecule has 0 heterocycles.